The third-order valence-corrected chi connectivity index (χ3v) is 6.64. The molecule has 4 aromatic carbocycles. The first-order valence-electron chi connectivity index (χ1n) is 10.3. The zero-order chi connectivity index (χ0) is 19.8. The van der Waals surface area contributed by atoms with E-state index in [4.69, 9.17) is 0 Å². The summed E-state index contributed by atoms with van der Waals surface area (Å²) in [6.07, 6.45) is 0. The SMILES string of the molecule is Cc1cccc(-n2c3ccccc3c3cc4c(cc32)-c2ccccc2C4(C)C)c1. The van der Waals surface area contributed by atoms with Crippen LogP contribution in [0.1, 0.15) is 30.5 Å². The molecule has 0 spiro atoms. The first-order valence-corrected chi connectivity index (χ1v) is 10.3. The molecule has 6 rings (SSSR count). The van der Waals surface area contributed by atoms with Crippen molar-refractivity contribution in [2.45, 2.75) is 26.2 Å². The van der Waals surface area contributed by atoms with E-state index in [0.717, 1.165) is 0 Å². The van der Waals surface area contributed by atoms with Gasteiger partial charge in [-0.15, -0.1) is 0 Å². The molecule has 0 amide bonds. The van der Waals surface area contributed by atoms with Gasteiger partial charge in [-0.05, 0) is 65.1 Å². The maximum atomic E-state index is 2.44. The molecule has 1 heterocycles. The van der Waals surface area contributed by atoms with Crippen molar-refractivity contribution < 1.29 is 0 Å². The number of aromatic nitrogens is 1. The fourth-order valence-corrected chi connectivity index (χ4v) is 5.21. The third-order valence-electron chi connectivity index (χ3n) is 6.64. The molecule has 1 nitrogen and oxygen atoms in total. The molecule has 0 aliphatic heterocycles. The molecule has 1 aliphatic rings. The summed E-state index contributed by atoms with van der Waals surface area (Å²) < 4.78 is 2.42. The number of para-hydroxylation sites is 1. The molecule has 0 radical (unpaired) electrons. The van der Waals surface area contributed by atoms with Gasteiger partial charge < -0.3 is 4.57 Å². The van der Waals surface area contributed by atoms with E-state index in [1.165, 1.54) is 55.3 Å². The Kier molecular flexibility index (Phi) is 3.21. The number of benzene rings is 4. The number of aryl methyl sites for hydroxylation is 1. The lowest BCUT2D eigenvalue weighted by Gasteiger charge is -2.21. The van der Waals surface area contributed by atoms with Crippen LogP contribution in [0.5, 0.6) is 0 Å². The predicted octanol–water partition coefficient (Wildman–Crippen LogP) is 7.40. The van der Waals surface area contributed by atoms with Crippen LogP contribution in [-0.4, -0.2) is 4.57 Å². The number of hydrogen-bond donors (Lipinski definition) is 0. The summed E-state index contributed by atoms with van der Waals surface area (Å²) in [7, 11) is 0. The highest BCUT2D eigenvalue weighted by Gasteiger charge is 2.36. The number of rotatable bonds is 1. The minimum absolute atomic E-state index is 0.0205. The van der Waals surface area contributed by atoms with E-state index >= 15 is 0 Å². The van der Waals surface area contributed by atoms with Gasteiger partial charge in [0.15, 0.2) is 0 Å². The molecule has 0 saturated heterocycles. The Bertz CT molecular complexity index is 1430. The van der Waals surface area contributed by atoms with Gasteiger partial charge in [0.05, 0.1) is 11.0 Å². The normalized spacial score (nSPS) is 14.3. The molecule has 0 unspecified atom stereocenters. The minimum atomic E-state index is 0.0205. The summed E-state index contributed by atoms with van der Waals surface area (Å²) >= 11 is 0. The van der Waals surface area contributed by atoms with Crippen LogP contribution in [0.4, 0.5) is 0 Å². The van der Waals surface area contributed by atoms with E-state index in [1.807, 2.05) is 0 Å². The van der Waals surface area contributed by atoms with Crippen molar-refractivity contribution in [2.24, 2.45) is 0 Å². The quantitative estimate of drug-likeness (QED) is 0.288. The van der Waals surface area contributed by atoms with E-state index in [9.17, 15) is 0 Å². The fourth-order valence-electron chi connectivity index (χ4n) is 5.21. The van der Waals surface area contributed by atoms with Gasteiger partial charge >= 0.3 is 0 Å². The summed E-state index contributed by atoms with van der Waals surface area (Å²) in [5.41, 5.74) is 10.7. The largest absolute Gasteiger partial charge is 0.309 e. The van der Waals surface area contributed by atoms with E-state index < -0.39 is 0 Å². The smallest absolute Gasteiger partial charge is 0.0547 e. The van der Waals surface area contributed by atoms with Gasteiger partial charge in [0.25, 0.3) is 0 Å². The van der Waals surface area contributed by atoms with Crippen LogP contribution in [0.2, 0.25) is 0 Å². The van der Waals surface area contributed by atoms with Gasteiger partial charge in [0.1, 0.15) is 0 Å². The average molecular weight is 373 g/mol. The maximum absolute atomic E-state index is 2.44. The van der Waals surface area contributed by atoms with E-state index in [1.54, 1.807) is 0 Å². The number of nitrogens with zero attached hydrogens (tertiary/aromatic N) is 1. The van der Waals surface area contributed by atoms with E-state index in [-0.39, 0.29) is 5.41 Å². The maximum Gasteiger partial charge on any atom is 0.0547 e. The lowest BCUT2D eigenvalue weighted by Crippen LogP contribution is -2.14. The second-order valence-electron chi connectivity index (χ2n) is 8.78. The first kappa shape index (κ1) is 16.6. The average Bonchev–Trinajstić information content (AvgIpc) is 3.17. The monoisotopic (exact) mass is 373 g/mol. The molecule has 5 aromatic rings. The Morgan fingerprint density at radius 2 is 1.41 bits per heavy atom. The van der Waals surface area contributed by atoms with Crippen LogP contribution in [0.15, 0.2) is 84.9 Å². The van der Waals surface area contributed by atoms with Gasteiger partial charge in [-0.1, -0.05) is 68.4 Å². The Balaban J connectivity index is 1.79. The summed E-state index contributed by atoms with van der Waals surface area (Å²) in [5.74, 6) is 0. The Hall–Kier alpha value is -3.32. The number of hydrogen-bond acceptors (Lipinski definition) is 0. The second-order valence-corrected chi connectivity index (χ2v) is 8.78. The molecular formula is C28H23N. The van der Waals surface area contributed by atoms with Gasteiger partial charge in [0, 0.05) is 21.9 Å². The molecule has 1 heteroatoms. The van der Waals surface area contributed by atoms with Gasteiger partial charge in [0.2, 0.25) is 0 Å². The van der Waals surface area contributed by atoms with Crippen LogP contribution in [0, 0.1) is 6.92 Å². The molecule has 140 valence electrons. The number of fused-ring (bicyclic) bond motifs is 6. The van der Waals surface area contributed by atoms with Gasteiger partial charge in [-0.2, -0.15) is 0 Å². The van der Waals surface area contributed by atoms with Crippen LogP contribution in [0.25, 0.3) is 38.6 Å². The third kappa shape index (κ3) is 2.16. The van der Waals surface area contributed by atoms with Gasteiger partial charge in [-0.3, -0.25) is 0 Å². The lowest BCUT2D eigenvalue weighted by molar-refractivity contribution is 0.661. The Labute approximate surface area is 171 Å². The highest BCUT2D eigenvalue weighted by Crippen LogP contribution is 2.50. The summed E-state index contributed by atoms with van der Waals surface area (Å²) in [6.45, 7) is 6.86. The van der Waals surface area contributed by atoms with Crippen molar-refractivity contribution in [2.75, 3.05) is 0 Å². The predicted molar refractivity (Wildman–Crippen MR) is 123 cm³/mol. The molecule has 0 bridgehead atoms. The molecule has 29 heavy (non-hydrogen) atoms. The van der Waals surface area contributed by atoms with E-state index in [2.05, 4.69) is 110 Å². The standard InChI is InChI=1S/C28H23N/c1-18-9-8-10-19(15-18)29-26-14-7-5-12-21(26)23-16-25-22(17-27(23)29)20-11-4-6-13-24(20)28(25,2)3/h4-17H,1-3H3. The highest BCUT2D eigenvalue weighted by atomic mass is 15.0. The van der Waals surface area contributed by atoms with Crippen LogP contribution >= 0.6 is 0 Å². The first-order chi connectivity index (χ1) is 14.1. The summed E-state index contributed by atoms with van der Waals surface area (Å²) in [4.78, 5) is 0. The Morgan fingerprint density at radius 1 is 0.621 bits per heavy atom. The zero-order valence-electron chi connectivity index (χ0n) is 17.0. The molecule has 0 atom stereocenters. The Morgan fingerprint density at radius 3 is 2.28 bits per heavy atom. The van der Waals surface area contributed by atoms with Crippen molar-refractivity contribution in [3.8, 4) is 16.8 Å². The summed E-state index contributed by atoms with van der Waals surface area (Å²) in [6, 6.07) is 31.3. The zero-order valence-corrected chi connectivity index (χ0v) is 17.0. The van der Waals surface area contributed by atoms with Crippen molar-refractivity contribution in [3.05, 3.63) is 102 Å². The molecule has 1 aromatic heterocycles. The van der Waals surface area contributed by atoms with Crippen LogP contribution < -0.4 is 0 Å². The molecule has 0 fully saturated rings. The summed E-state index contributed by atoms with van der Waals surface area (Å²) in [5, 5.41) is 2.65. The second kappa shape index (κ2) is 5.61. The molecule has 0 saturated carbocycles. The fraction of sp³-hybridized carbons (Fsp3) is 0.143. The van der Waals surface area contributed by atoms with Crippen LogP contribution in [-0.2, 0) is 5.41 Å². The van der Waals surface area contributed by atoms with Gasteiger partial charge in [-0.25, -0.2) is 0 Å². The topological polar surface area (TPSA) is 4.93 Å². The van der Waals surface area contributed by atoms with Crippen molar-refractivity contribution in [3.63, 3.8) is 0 Å². The van der Waals surface area contributed by atoms with Crippen molar-refractivity contribution in [1.29, 1.82) is 0 Å². The molecular weight excluding hydrogens is 350 g/mol. The minimum Gasteiger partial charge on any atom is -0.309 e. The molecule has 1 aliphatic carbocycles. The van der Waals surface area contributed by atoms with Crippen LogP contribution in [0.3, 0.4) is 0 Å². The van der Waals surface area contributed by atoms with Crippen molar-refractivity contribution >= 4 is 21.8 Å². The highest BCUT2D eigenvalue weighted by molar-refractivity contribution is 6.11. The van der Waals surface area contributed by atoms with Crippen molar-refractivity contribution in [1.82, 2.24) is 4.57 Å². The lowest BCUT2D eigenvalue weighted by atomic mass is 9.82. The van der Waals surface area contributed by atoms with E-state index in [0.29, 0.717) is 0 Å². The molecule has 0 N–H and O–H groups in total.